The molecule has 11 heavy (non-hydrogen) atoms. The topological polar surface area (TPSA) is 51.2 Å². The molecule has 3 nitrogen and oxygen atoms in total. The van der Waals surface area contributed by atoms with E-state index in [9.17, 15) is 13.2 Å². The first kappa shape index (κ1) is 8.71. The predicted molar refractivity (Wildman–Crippen MR) is 42.1 cm³/mol. The molecule has 1 saturated carbocycles. The molecule has 0 aromatic carbocycles. The average molecular weight is 176 g/mol. The Morgan fingerprint density at radius 2 is 1.82 bits per heavy atom. The first-order chi connectivity index (χ1) is 4.92. The van der Waals surface area contributed by atoms with Gasteiger partial charge in [0.1, 0.15) is 11.0 Å². The molecule has 1 fully saturated rings. The minimum absolute atomic E-state index is 0.248. The van der Waals surface area contributed by atoms with E-state index in [2.05, 4.69) is 0 Å². The predicted octanol–water partition coefficient (Wildman–Crippen LogP) is 0.541. The number of carbonyl (C=O) groups excluding carboxylic acids is 1. The number of rotatable bonds is 3. The molecule has 0 aliphatic heterocycles. The largest absolute Gasteiger partial charge is 0.302 e. The smallest absolute Gasteiger partial charge is 0.165 e. The van der Waals surface area contributed by atoms with Crippen LogP contribution in [0.2, 0.25) is 0 Å². The fourth-order valence-corrected chi connectivity index (χ4v) is 2.62. The lowest BCUT2D eigenvalue weighted by molar-refractivity contribution is -0.109. The van der Waals surface area contributed by atoms with Crippen molar-refractivity contribution < 1.29 is 13.2 Å². The second-order valence-electron chi connectivity index (χ2n) is 3.47. The molecular weight excluding hydrogens is 164 g/mol. The van der Waals surface area contributed by atoms with Gasteiger partial charge in [-0.3, -0.25) is 0 Å². The highest BCUT2D eigenvalue weighted by molar-refractivity contribution is 7.94. The molecule has 0 heterocycles. The highest BCUT2D eigenvalue weighted by atomic mass is 32.2. The second kappa shape index (κ2) is 2.30. The molecule has 0 aromatic rings. The molecule has 4 heteroatoms. The van der Waals surface area contributed by atoms with Crippen molar-refractivity contribution in [1.82, 2.24) is 0 Å². The third-order valence-electron chi connectivity index (χ3n) is 1.98. The number of hydrogen-bond acceptors (Lipinski definition) is 3. The van der Waals surface area contributed by atoms with E-state index >= 15 is 0 Å². The molecule has 0 saturated heterocycles. The van der Waals surface area contributed by atoms with Crippen molar-refractivity contribution in [2.75, 3.05) is 0 Å². The minimum atomic E-state index is -3.18. The minimum Gasteiger partial charge on any atom is -0.302 e. The van der Waals surface area contributed by atoms with E-state index in [1.54, 1.807) is 0 Å². The van der Waals surface area contributed by atoms with Crippen molar-refractivity contribution >= 4 is 16.1 Å². The van der Waals surface area contributed by atoms with Gasteiger partial charge < -0.3 is 4.79 Å². The zero-order valence-electron chi connectivity index (χ0n) is 6.70. The summed E-state index contributed by atoms with van der Waals surface area (Å²) in [5.74, 6) is 0. The summed E-state index contributed by atoms with van der Waals surface area (Å²) in [6.45, 7) is 2.90. The lowest BCUT2D eigenvalue weighted by Gasteiger charge is -2.16. The van der Waals surface area contributed by atoms with Crippen LogP contribution in [-0.4, -0.2) is 24.7 Å². The molecule has 1 rings (SSSR count). The van der Waals surface area contributed by atoms with Crippen LogP contribution in [-0.2, 0) is 14.6 Å². The molecule has 0 radical (unpaired) electrons. The number of carbonyl (C=O) groups is 1. The lowest BCUT2D eigenvalue weighted by atomic mass is 10.2. The Hall–Kier alpha value is -0.380. The van der Waals surface area contributed by atoms with Gasteiger partial charge in [-0.2, -0.15) is 0 Å². The number of aldehydes is 1. The molecule has 0 bridgehead atoms. The summed E-state index contributed by atoms with van der Waals surface area (Å²) < 4.78 is 21.6. The third-order valence-corrected chi connectivity index (χ3v) is 4.89. The van der Waals surface area contributed by atoms with Crippen LogP contribution in [0.4, 0.5) is 0 Å². The molecule has 0 unspecified atom stereocenters. The van der Waals surface area contributed by atoms with Crippen LogP contribution in [0.3, 0.4) is 0 Å². The van der Waals surface area contributed by atoms with Gasteiger partial charge in [-0.25, -0.2) is 8.42 Å². The molecule has 1 aliphatic rings. The normalized spacial score (nSPS) is 19.8. The highest BCUT2D eigenvalue weighted by Crippen LogP contribution is 2.34. The van der Waals surface area contributed by atoms with E-state index in [-0.39, 0.29) is 5.25 Å². The van der Waals surface area contributed by atoms with E-state index in [0.29, 0.717) is 6.29 Å². The summed E-state index contributed by atoms with van der Waals surface area (Å²) in [5, 5.41) is -0.248. The van der Waals surface area contributed by atoms with Gasteiger partial charge in [0.05, 0.1) is 5.25 Å². The standard InChI is InChI=1S/C7H12O3S/c1-7(2,5-8)11(9,10)6-3-4-6/h5-6H,3-4H2,1-2H3. The van der Waals surface area contributed by atoms with E-state index < -0.39 is 14.6 Å². The van der Waals surface area contributed by atoms with Crippen LogP contribution in [0.5, 0.6) is 0 Å². The number of hydrogen-bond donors (Lipinski definition) is 0. The van der Waals surface area contributed by atoms with Crippen LogP contribution < -0.4 is 0 Å². The van der Waals surface area contributed by atoms with Gasteiger partial charge in [-0.15, -0.1) is 0 Å². The fraction of sp³-hybridized carbons (Fsp3) is 0.857. The lowest BCUT2D eigenvalue weighted by Crippen LogP contribution is -2.36. The van der Waals surface area contributed by atoms with Crippen molar-refractivity contribution in [3.63, 3.8) is 0 Å². The fourth-order valence-electron chi connectivity index (χ4n) is 0.875. The van der Waals surface area contributed by atoms with E-state index in [1.165, 1.54) is 13.8 Å². The van der Waals surface area contributed by atoms with E-state index in [0.717, 1.165) is 12.8 Å². The SMILES string of the molecule is CC(C)(C=O)S(=O)(=O)C1CC1. The van der Waals surface area contributed by atoms with E-state index in [4.69, 9.17) is 0 Å². The van der Waals surface area contributed by atoms with Crippen molar-refractivity contribution in [3.8, 4) is 0 Å². The van der Waals surface area contributed by atoms with Gasteiger partial charge in [0.2, 0.25) is 0 Å². The molecular formula is C7H12O3S. The van der Waals surface area contributed by atoms with Gasteiger partial charge in [-0.05, 0) is 26.7 Å². The first-order valence-electron chi connectivity index (χ1n) is 3.61. The van der Waals surface area contributed by atoms with Gasteiger partial charge in [0.15, 0.2) is 9.84 Å². The molecule has 0 aromatic heterocycles. The quantitative estimate of drug-likeness (QED) is 0.590. The molecule has 0 atom stereocenters. The maximum absolute atomic E-state index is 11.4. The van der Waals surface area contributed by atoms with Gasteiger partial charge in [0.25, 0.3) is 0 Å². The van der Waals surface area contributed by atoms with Crippen molar-refractivity contribution in [2.24, 2.45) is 0 Å². The van der Waals surface area contributed by atoms with Crippen LogP contribution in [0, 0.1) is 0 Å². The Balaban J connectivity index is 2.96. The maximum Gasteiger partial charge on any atom is 0.165 e. The summed E-state index contributed by atoms with van der Waals surface area (Å²) in [6.07, 6.45) is 1.96. The molecule has 1 aliphatic carbocycles. The Morgan fingerprint density at radius 1 is 1.36 bits per heavy atom. The van der Waals surface area contributed by atoms with E-state index in [1.807, 2.05) is 0 Å². The molecule has 64 valence electrons. The Morgan fingerprint density at radius 3 is 2.09 bits per heavy atom. The van der Waals surface area contributed by atoms with Crippen LogP contribution in [0.15, 0.2) is 0 Å². The van der Waals surface area contributed by atoms with Gasteiger partial charge in [0, 0.05) is 0 Å². The van der Waals surface area contributed by atoms with Crippen molar-refractivity contribution in [3.05, 3.63) is 0 Å². The van der Waals surface area contributed by atoms with Crippen molar-refractivity contribution in [1.29, 1.82) is 0 Å². The van der Waals surface area contributed by atoms with Crippen LogP contribution >= 0.6 is 0 Å². The monoisotopic (exact) mass is 176 g/mol. The summed E-state index contributed by atoms with van der Waals surface area (Å²) in [6, 6.07) is 0. The van der Waals surface area contributed by atoms with Gasteiger partial charge >= 0.3 is 0 Å². The Labute approximate surface area is 66.7 Å². The van der Waals surface area contributed by atoms with Crippen molar-refractivity contribution in [2.45, 2.75) is 36.7 Å². The zero-order chi connectivity index (χ0) is 8.70. The first-order valence-corrected chi connectivity index (χ1v) is 5.16. The molecule has 0 amide bonds. The maximum atomic E-state index is 11.4. The zero-order valence-corrected chi connectivity index (χ0v) is 7.52. The number of sulfone groups is 1. The Kier molecular flexibility index (Phi) is 1.82. The molecule has 0 N–H and O–H groups in total. The second-order valence-corrected chi connectivity index (χ2v) is 6.27. The average Bonchev–Trinajstić information content (AvgIpc) is 2.68. The molecule has 0 spiro atoms. The van der Waals surface area contributed by atoms with Gasteiger partial charge in [-0.1, -0.05) is 0 Å². The Bertz CT molecular complexity index is 259. The summed E-state index contributed by atoms with van der Waals surface area (Å²) in [7, 11) is -3.18. The summed E-state index contributed by atoms with van der Waals surface area (Å²) in [5.41, 5.74) is 0. The highest BCUT2D eigenvalue weighted by Gasteiger charge is 2.45. The third kappa shape index (κ3) is 1.31. The summed E-state index contributed by atoms with van der Waals surface area (Å²) in [4.78, 5) is 10.4. The van der Waals surface area contributed by atoms with Crippen LogP contribution in [0.1, 0.15) is 26.7 Å². The van der Waals surface area contributed by atoms with Crippen LogP contribution in [0.25, 0.3) is 0 Å². The summed E-state index contributed by atoms with van der Waals surface area (Å²) >= 11 is 0.